The second kappa shape index (κ2) is 11.1. The molecule has 1 fully saturated rings. The zero-order valence-corrected chi connectivity index (χ0v) is 20.0. The molecule has 2 atom stereocenters. The smallest absolute Gasteiger partial charge is 0.293 e. The van der Waals surface area contributed by atoms with Crippen molar-refractivity contribution in [3.8, 4) is 17.6 Å². The largest absolute Gasteiger partial charge is 0.502 e. The molecule has 184 valence electrons. The van der Waals surface area contributed by atoms with Gasteiger partial charge < -0.3 is 20.5 Å². The molecule has 0 spiro atoms. The van der Waals surface area contributed by atoms with Crippen LogP contribution < -0.4 is 10.9 Å². The molecule has 0 amide bonds. The van der Waals surface area contributed by atoms with Crippen LogP contribution in [0.2, 0.25) is 0 Å². The summed E-state index contributed by atoms with van der Waals surface area (Å²) in [6.45, 7) is 0.523. The maximum atomic E-state index is 11.6. The van der Waals surface area contributed by atoms with Crippen LogP contribution in [0.25, 0.3) is 0 Å². The predicted octanol–water partition coefficient (Wildman–Crippen LogP) is 2.81. The average Bonchev–Trinajstić information content (AvgIpc) is 3.22. The van der Waals surface area contributed by atoms with Crippen LogP contribution in [0.15, 0.2) is 59.7 Å². The van der Waals surface area contributed by atoms with Crippen molar-refractivity contribution in [2.24, 2.45) is 0 Å². The molecule has 0 aliphatic carbocycles. The molecule has 1 aliphatic heterocycles. The standard InChI is InChI=1S/C26H29N3O5S/c30-15-22(13-24-25(31)26(32)29-17-28-24)21-9-7-19(8-10-21)2-1-18-3-5-20(6-4-18)14-27-23-11-12-35(33,34)16-23/h3-10,17,22-23,27,30-31,33-34H,11-16H2,(H,28,29,32)/t22-,23-/m0/s1. The van der Waals surface area contributed by atoms with Crippen LogP contribution in [0.3, 0.4) is 0 Å². The second-order valence-electron chi connectivity index (χ2n) is 8.72. The van der Waals surface area contributed by atoms with Gasteiger partial charge in [0.2, 0.25) is 5.75 Å². The van der Waals surface area contributed by atoms with E-state index in [2.05, 4.69) is 27.1 Å². The van der Waals surface area contributed by atoms with Gasteiger partial charge in [-0.3, -0.25) is 13.9 Å². The number of hydrogen-bond donors (Lipinski definition) is 6. The number of aromatic hydroxyl groups is 1. The van der Waals surface area contributed by atoms with Gasteiger partial charge in [0, 0.05) is 41.8 Å². The Morgan fingerprint density at radius 3 is 2.34 bits per heavy atom. The van der Waals surface area contributed by atoms with Gasteiger partial charge in [-0.1, -0.05) is 36.1 Å². The minimum Gasteiger partial charge on any atom is -0.502 e. The van der Waals surface area contributed by atoms with Gasteiger partial charge in [0.25, 0.3) is 5.56 Å². The van der Waals surface area contributed by atoms with E-state index in [0.29, 0.717) is 18.1 Å². The Morgan fingerprint density at radius 1 is 1.09 bits per heavy atom. The molecule has 1 saturated heterocycles. The van der Waals surface area contributed by atoms with Crippen molar-refractivity contribution in [3.63, 3.8) is 0 Å². The van der Waals surface area contributed by atoms with Crippen LogP contribution in [0.1, 0.15) is 40.3 Å². The highest BCUT2D eigenvalue weighted by Crippen LogP contribution is 2.45. The van der Waals surface area contributed by atoms with E-state index >= 15 is 0 Å². The van der Waals surface area contributed by atoms with Crippen molar-refractivity contribution >= 4 is 10.6 Å². The molecule has 6 N–H and O–H groups in total. The van der Waals surface area contributed by atoms with E-state index in [0.717, 1.165) is 28.7 Å². The molecule has 0 bridgehead atoms. The first-order chi connectivity index (χ1) is 16.8. The highest BCUT2D eigenvalue weighted by atomic mass is 32.3. The minimum atomic E-state index is -2.39. The molecule has 3 aromatic rings. The SMILES string of the molecule is O=c1[nH]cnc(C[C@@H](CO)c2ccc(C#Cc3ccc(CN[C@H]4CCS(O)(O)C4)cc3)cc2)c1O. The van der Waals surface area contributed by atoms with E-state index in [-0.39, 0.29) is 30.7 Å². The number of nitrogens with zero attached hydrogens (tertiary/aromatic N) is 1. The molecule has 0 saturated carbocycles. The van der Waals surface area contributed by atoms with Gasteiger partial charge in [0.05, 0.1) is 24.4 Å². The average molecular weight is 496 g/mol. The molecule has 0 radical (unpaired) electrons. The summed E-state index contributed by atoms with van der Waals surface area (Å²) in [6.07, 6.45) is 2.26. The first-order valence-corrected chi connectivity index (χ1v) is 13.3. The van der Waals surface area contributed by atoms with Crippen LogP contribution >= 0.6 is 10.6 Å². The third-order valence-electron chi connectivity index (χ3n) is 6.11. The number of benzene rings is 2. The maximum Gasteiger partial charge on any atom is 0.293 e. The van der Waals surface area contributed by atoms with Crippen LogP contribution in [0, 0.1) is 11.8 Å². The lowest BCUT2D eigenvalue weighted by atomic mass is 9.94. The van der Waals surface area contributed by atoms with Crippen molar-refractivity contribution in [3.05, 3.63) is 93.2 Å². The molecule has 1 aliphatic rings. The van der Waals surface area contributed by atoms with Crippen molar-refractivity contribution in [1.82, 2.24) is 15.3 Å². The fourth-order valence-corrected chi connectivity index (χ4v) is 5.79. The lowest BCUT2D eigenvalue weighted by Crippen LogP contribution is -2.28. The Hall–Kier alpha value is -3.13. The fraction of sp³-hybridized carbons (Fsp3) is 0.308. The Labute approximate surface area is 205 Å². The molecule has 2 aromatic carbocycles. The molecule has 9 heteroatoms. The second-order valence-corrected chi connectivity index (χ2v) is 11.1. The molecule has 35 heavy (non-hydrogen) atoms. The molecule has 2 heterocycles. The Balaban J connectivity index is 1.34. The predicted molar refractivity (Wildman–Crippen MR) is 137 cm³/mol. The zero-order chi connectivity index (χ0) is 24.8. The van der Waals surface area contributed by atoms with Crippen molar-refractivity contribution in [1.29, 1.82) is 0 Å². The van der Waals surface area contributed by atoms with Gasteiger partial charge in [-0.15, -0.1) is 0 Å². The van der Waals surface area contributed by atoms with Crippen molar-refractivity contribution in [2.75, 3.05) is 18.1 Å². The number of hydrogen-bond acceptors (Lipinski definition) is 7. The van der Waals surface area contributed by atoms with E-state index in [1.54, 1.807) is 0 Å². The van der Waals surface area contributed by atoms with Gasteiger partial charge in [-0.2, -0.15) is 10.6 Å². The Kier molecular flexibility index (Phi) is 7.90. The lowest BCUT2D eigenvalue weighted by Gasteiger charge is -2.26. The number of aromatic amines is 1. The van der Waals surface area contributed by atoms with E-state index < -0.39 is 21.9 Å². The van der Waals surface area contributed by atoms with Crippen LogP contribution in [-0.4, -0.2) is 53.4 Å². The first-order valence-electron chi connectivity index (χ1n) is 11.4. The summed E-state index contributed by atoms with van der Waals surface area (Å²) in [4.78, 5) is 17.9. The summed E-state index contributed by atoms with van der Waals surface area (Å²) in [7, 11) is -2.39. The van der Waals surface area contributed by atoms with Gasteiger partial charge in [0.1, 0.15) is 0 Å². The first kappa shape index (κ1) is 25.0. The van der Waals surface area contributed by atoms with Gasteiger partial charge in [-0.25, -0.2) is 4.98 Å². The summed E-state index contributed by atoms with van der Waals surface area (Å²) in [5.41, 5.74) is 3.33. The summed E-state index contributed by atoms with van der Waals surface area (Å²) in [5, 5.41) is 23.1. The number of aromatic nitrogens is 2. The summed E-state index contributed by atoms with van der Waals surface area (Å²) in [5.74, 6) is 6.46. The summed E-state index contributed by atoms with van der Waals surface area (Å²) in [6, 6.07) is 15.6. The maximum absolute atomic E-state index is 11.6. The molecule has 1 aromatic heterocycles. The normalized spacial score (nSPS) is 18.4. The molecule has 0 unspecified atom stereocenters. The highest BCUT2D eigenvalue weighted by Gasteiger charge is 2.27. The molecular formula is C26H29N3O5S. The van der Waals surface area contributed by atoms with Gasteiger partial charge in [-0.05, 0) is 41.8 Å². The fourth-order valence-electron chi connectivity index (χ4n) is 4.03. The number of aliphatic hydroxyl groups is 1. The van der Waals surface area contributed by atoms with Crippen molar-refractivity contribution in [2.45, 2.75) is 31.3 Å². The summed E-state index contributed by atoms with van der Waals surface area (Å²) < 4.78 is 19.5. The van der Waals surface area contributed by atoms with Crippen LogP contribution in [0.4, 0.5) is 0 Å². The number of rotatable bonds is 7. The van der Waals surface area contributed by atoms with Crippen LogP contribution in [-0.2, 0) is 13.0 Å². The van der Waals surface area contributed by atoms with E-state index in [4.69, 9.17) is 0 Å². The van der Waals surface area contributed by atoms with Crippen LogP contribution in [0.5, 0.6) is 5.75 Å². The Morgan fingerprint density at radius 2 is 1.74 bits per heavy atom. The molecular weight excluding hydrogens is 466 g/mol. The topological polar surface area (TPSA) is 139 Å². The quantitative estimate of drug-likeness (QED) is 0.277. The van der Waals surface area contributed by atoms with Gasteiger partial charge >= 0.3 is 0 Å². The highest BCUT2D eigenvalue weighted by molar-refractivity contribution is 8.24. The van der Waals surface area contributed by atoms with E-state index in [1.165, 1.54) is 6.33 Å². The Bertz CT molecular complexity index is 1260. The van der Waals surface area contributed by atoms with E-state index in [9.17, 15) is 24.1 Å². The minimum absolute atomic E-state index is 0.144. The van der Waals surface area contributed by atoms with E-state index in [1.807, 2.05) is 48.5 Å². The molecule has 8 nitrogen and oxygen atoms in total. The van der Waals surface area contributed by atoms with Gasteiger partial charge in [0.15, 0.2) is 0 Å². The zero-order valence-electron chi connectivity index (χ0n) is 19.1. The number of H-pyrrole nitrogens is 1. The third kappa shape index (κ3) is 6.72. The third-order valence-corrected chi connectivity index (χ3v) is 7.93. The number of aliphatic hydroxyl groups excluding tert-OH is 1. The molecule has 4 rings (SSSR count). The summed E-state index contributed by atoms with van der Waals surface area (Å²) >= 11 is 0. The van der Waals surface area contributed by atoms with Crippen molar-refractivity contribution < 1.29 is 19.3 Å². The lowest BCUT2D eigenvalue weighted by molar-refractivity contribution is 0.263. The number of nitrogens with one attached hydrogen (secondary N) is 2. The monoisotopic (exact) mass is 495 g/mol.